The molecule has 0 fully saturated rings. The van der Waals surface area contributed by atoms with Gasteiger partial charge in [0.1, 0.15) is 0 Å². The monoisotopic (exact) mass is 288 g/mol. The van der Waals surface area contributed by atoms with Gasteiger partial charge in [-0.3, -0.25) is 9.59 Å². The Balaban J connectivity index is 2.06. The SMILES string of the molecule is CCCNC(=O)c1cccc(NC(=O)c2cccs2)c1. The first-order valence-corrected chi connectivity index (χ1v) is 7.32. The van der Waals surface area contributed by atoms with Gasteiger partial charge in [0.05, 0.1) is 4.88 Å². The minimum absolute atomic E-state index is 0.126. The molecule has 4 nitrogen and oxygen atoms in total. The third kappa shape index (κ3) is 3.68. The van der Waals surface area contributed by atoms with Crippen molar-refractivity contribution >= 4 is 28.8 Å². The molecule has 0 radical (unpaired) electrons. The molecule has 1 aromatic carbocycles. The van der Waals surface area contributed by atoms with Gasteiger partial charge in [-0.1, -0.05) is 19.1 Å². The van der Waals surface area contributed by atoms with Gasteiger partial charge in [0, 0.05) is 17.8 Å². The number of anilines is 1. The number of rotatable bonds is 5. The third-order valence-corrected chi connectivity index (χ3v) is 3.53. The van der Waals surface area contributed by atoms with Crippen molar-refractivity contribution in [3.63, 3.8) is 0 Å². The van der Waals surface area contributed by atoms with Crippen LogP contribution in [0.3, 0.4) is 0 Å². The van der Waals surface area contributed by atoms with Crippen molar-refractivity contribution in [2.75, 3.05) is 11.9 Å². The topological polar surface area (TPSA) is 58.2 Å². The summed E-state index contributed by atoms with van der Waals surface area (Å²) in [6.45, 7) is 2.64. The van der Waals surface area contributed by atoms with E-state index in [9.17, 15) is 9.59 Å². The summed E-state index contributed by atoms with van der Waals surface area (Å²) in [5.74, 6) is -0.287. The highest BCUT2D eigenvalue weighted by Crippen LogP contribution is 2.14. The number of carbonyl (C=O) groups is 2. The lowest BCUT2D eigenvalue weighted by Gasteiger charge is -2.07. The Morgan fingerprint density at radius 2 is 2.00 bits per heavy atom. The van der Waals surface area contributed by atoms with Crippen LogP contribution in [0.15, 0.2) is 41.8 Å². The van der Waals surface area contributed by atoms with E-state index < -0.39 is 0 Å². The van der Waals surface area contributed by atoms with E-state index in [0.29, 0.717) is 22.7 Å². The molecule has 2 aromatic rings. The van der Waals surface area contributed by atoms with Crippen LogP contribution in [0, 0.1) is 0 Å². The molecule has 0 aliphatic heterocycles. The number of thiophene rings is 1. The molecule has 104 valence electrons. The van der Waals surface area contributed by atoms with E-state index >= 15 is 0 Å². The van der Waals surface area contributed by atoms with Crippen molar-refractivity contribution in [2.45, 2.75) is 13.3 Å². The molecule has 2 N–H and O–H groups in total. The molecule has 0 unspecified atom stereocenters. The van der Waals surface area contributed by atoms with Gasteiger partial charge < -0.3 is 10.6 Å². The number of amides is 2. The summed E-state index contributed by atoms with van der Waals surface area (Å²) < 4.78 is 0. The molecular formula is C15H16N2O2S. The molecule has 1 aromatic heterocycles. The lowest BCUT2D eigenvalue weighted by molar-refractivity contribution is 0.0952. The Morgan fingerprint density at radius 1 is 1.15 bits per heavy atom. The fraction of sp³-hybridized carbons (Fsp3) is 0.200. The minimum atomic E-state index is -0.161. The second-order valence-electron chi connectivity index (χ2n) is 4.27. The van der Waals surface area contributed by atoms with Crippen LogP contribution in [-0.2, 0) is 0 Å². The van der Waals surface area contributed by atoms with Crippen molar-refractivity contribution in [3.8, 4) is 0 Å². The lowest BCUT2D eigenvalue weighted by atomic mass is 10.2. The van der Waals surface area contributed by atoms with Crippen LogP contribution in [0.2, 0.25) is 0 Å². The Hall–Kier alpha value is -2.14. The zero-order chi connectivity index (χ0) is 14.4. The van der Waals surface area contributed by atoms with Crippen LogP contribution >= 0.6 is 11.3 Å². The Kier molecular flexibility index (Phi) is 4.90. The summed E-state index contributed by atoms with van der Waals surface area (Å²) in [4.78, 5) is 24.4. The fourth-order valence-electron chi connectivity index (χ4n) is 1.68. The van der Waals surface area contributed by atoms with E-state index in [1.807, 2.05) is 18.4 Å². The largest absolute Gasteiger partial charge is 0.352 e. The Morgan fingerprint density at radius 3 is 2.70 bits per heavy atom. The maximum atomic E-state index is 11.9. The zero-order valence-electron chi connectivity index (χ0n) is 11.2. The van der Waals surface area contributed by atoms with Crippen molar-refractivity contribution < 1.29 is 9.59 Å². The highest BCUT2D eigenvalue weighted by molar-refractivity contribution is 7.12. The van der Waals surface area contributed by atoms with Gasteiger partial charge in [0.25, 0.3) is 11.8 Å². The smallest absolute Gasteiger partial charge is 0.265 e. The van der Waals surface area contributed by atoms with Gasteiger partial charge in [0.2, 0.25) is 0 Å². The maximum absolute atomic E-state index is 11.9. The van der Waals surface area contributed by atoms with E-state index in [0.717, 1.165) is 6.42 Å². The summed E-state index contributed by atoms with van der Waals surface area (Å²) in [6.07, 6.45) is 0.889. The maximum Gasteiger partial charge on any atom is 0.265 e. The number of nitrogens with one attached hydrogen (secondary N) is 2. The molecule has 2 rings (SSSR count). The van der Waals surface area contributed by atoms with Crippen molar-refractivity contribution in [1.29, 1.82) is 0 Å². The van der Waals surface area contributed by atoms with Crippen LogP contribution in [0.1, 0.15) is 33.4 Å². The standard InChI is InChI=1S/C15H16N2O2S/c1-2-8-16-14(18)11-5-3-6-12(10-11)17-15(19)13-7-4-9-20-13/h3-7,9-10H,2,8H2,1H3,(H,16,18)(H,17,19). The van der Waals surface area contributed by atoms with Gasteiger partial charge >= 0.3 is 0 Å². The molecular weight excluding hydrogens is 272 g/mol. The van der Waals surface area contributed by atoms with Crippen molar-refractivity contribution in [2.24, 2.45) is 0 Å². The van der Waals surface area contributed by atoms with Crippen LogP contribution in [-0.4, -0.2) is 18.4 Å². The first-order chi connectivity index (χ1) is 9.70. The molecule has 0 saturated carbocycles. The Bertz CT molecular complexity index is 594. The molecule has 2 amide bonds. The number of benzene rings is 1. The normalized spacial score (nSPS) is 10.1. The van der Waals surface area contributed by atoms with Crippen molar-refractivity contribution in [1.82, 2.24) is 5.32 Å². The first-order valence-electron chi connectivity index (χ1n) is 6.44. The first kappa shape index (κ1) is 14.3. The van der Waals surface area contributed by atoms with E-state index in [1.54, 1.807) is 30.3 Å². The number of hydrogen-bond donors (Lipinski definition) is 2. The van der Waals surface area contributed by atoms with E-state index in [-0.39, 0.29) is 11.8 Å². The zero-order valence-corrected chi connectivity index (χ0v) is 12.0. The van der Waals surface area contributed by atoms with Crippen LogP contribution in [0.4, 0.5) is 5.69 Å². The predicted octanol–water partition coefficient (Wildman–Crippen LogP) is 3.14. The van der Waals surface area contributed by atoms with Crippen LogP contribution < -0.4 is 10.6 Å². The summed E-state index contributed by atoms with van der Waals surface area (Å²) >= 11 is 1.38. The summed E-state index contributed by atoms with van der Waals surface area (Å²) in [7, 11) is 0. The third-order valence-electron chi connectivity index (χ3n) is 2.66. The average Bonchev–Trinajstić information content (AvgIpc) is 2.99. The number of hydrogen-bond acceptors (Lipinski definition) is 3. The molecule has 1 heterocycles. The van der Waals surface area contributed by atoms with Gasteiger partial charge in [-0.2, -0.15) is 0 Å². The summed E-state index contributed by atoms with van der Waals surface area (Å²) in [6, 6.07) is 10.5. The minimum Gasteiger partial charge on any atom is -0.352 e. The highest BCUT2D eigenvalue weighted by atomic mass is 32.1. The van der Waals surface area contributed by atoms with E-state index in [4.69, 9.17) is 0 Å². The quantitative estimate of drug-likeness (QED) is 0.888. The molecule has 0 aliphatic rings. The van der Waals surface area contributed by atoms with E-state index in [1.165, 1.54) is 11.3 Å². The molecule has 0 spiro atoms. The molecule has 5 heteroatoms. The highest BCUT2D eigenvalue weighted by Gasteiger charge is 2.09. The van der Waals surface area contributed by atoms with Gasteiger partial charge in [-0.15, -0.1) is 11.3 Å². The van der Waals surface area contributed by atoms with Crippen LogP contribution in [0.25, 0.3) is 0 Å². The molecule has 0 saturated heterocycles. The second kappa shape index (κ2) is 6.86. The fourth-order valence-corrected chi connectivity index (χ4v) is 2.30. The van der Waals surface area contributed by atoms with Gasteiger partial charge in [0.15, 0.2) is 0 Å². The predicted molar refractivity (Wildman–Crippen MR) is 81.3 cm³/mol. The molecule has 0 atom stereocenters. The second-order valence-corrected chi connectivity index (χ2v) is 5.22. The van der Waals surface area contributed by atoms with Crippen LogP contribution in [0.5, 0.6) is 0 Å². The summed E-state index contributed by atoms with van der Waals surface area (Å²) in [5.41, 5.74) is 1.16. The Labute approximate surface area is 121 Å². The lowest BCUT2D eigenvalue weighted by Crippen LogP contribution is -2.24. The molecule has 0 aliphatic carbocycles. The summed E-state index contributed by atoms with van der Waals surface area (Å²) in [5, 5.41) is 7.45. The van der Waals surface area contributed by atoms with Gasteiger partial charge in [-0.05, 0) is 36.1 Å². The molecule has 20 heavy (non-hydrogen) atoms. The van der Waals surface area contributed by atoms with Crippen molar-refractivity contribution in [3.05, 3.63) is 52.2 Å². The van der Waals surface area contributed by atoms with Gasteiger partial charge in [-0.25, -0.2) is 0 Å². The number of carbonyl (C=O) groups excluding carboxylic acids is 2. The molecule has 0 bridgehead atoms. The average molecular weight is 288 g/mol. The van der Waals surface area contributed by atoms with E-state index in [2.05, 4.69) is 10.6 Å².